The Hall–Kier alpha value is -1.55. The van der Waals surface area contributed by atoms with Crippen molar-refractivity contribution in [1.29, 1.82) is 0 Å². The molecule has 25 heavy (non-hydrogen) atoms. The van der Waals surface area contributed by atoms with Crippen LogP contribution in [0.15, 0.2) is 24.3 Å². The van der Waals surface area contributed by atoms with Crippen molar-refractivity contribution in [3.8, 4) is 0 Å². The SMILES string of the molecule is O=C(NCCc1cccc(Cl)c1)C1(C(=O)NC2CCCCCC2)CC1. The quantitative estimate of drug-likeness (QED) is 0.599. The first-order valence-electron chi connectivity index (χ1n) is 9.44. The van der Waals surface area contributed by atoms with Gasteiger partial charge in [0.05, 0.1) is 0 Å². The summed E-state index contributed by atoms with van der Waals surface area (Å²) in [6.45, 7) is 0.525. The molecule has 0 heterocycles. The molecule has 136 valence electrons. The Morgan fingerprint density at radius 1 is 1.08 bits per heavy atom. The fraction of sp³-hybridized carbons (Fsp3) is 0.600. The smallest absolute Gasteiger partial charge is 0.235 e. The maximum atomic E-state index is 12.6. The van der Waals surface area contributed by atoms with Crippen LogP contribution in [0.4, 0.5) is 0 Å². The van der Waals surface area contributed by atoms with Gasteiger partial charge in [-0.3, -0.25) is 9.59 Å². The summed E-state index contributed by atoms with van der Waals surface area (Å²) in [5.41, 5.74) is 0.265. The average Bonchev–Trinajstić information content (AvgIpc) is 3.40. The van der Waals surface area contributed by atoms with Gasteiger partial charge in [0.15, 0.2) is 0 Å². The van der Waals surface area contributed by atoms with Crippen molar-refractivity contribution in [3.63, 3.8) is 0 Å². The van der Waals surface area contributed by atoms with E-state index in [1.54, 1.807) is 0 Å². The highest BCUT2D eigenvalue weighted by Gasteiger charge is 2.56. The van der Waals surface area contributed by atoms with Crippen LogP contribution < -0.4 is 10.6 Å². The van der Waals surface area contributed by atoms with E-state index in [1.165, 1.54) is 25.7 Å². The number of halogens is 1. The number of nitrogens with one attached hydrogen (secondary N) is 2. The highest BCUT2D eigenvalue weighted by molar-refractivity contribution is 6.30. The van der Waals surface area contributed by atoms with Crippen molar-refractivity contribution in [2.75, 3.05) is 6.54 Å². The predicted molar refractivity (Wildman–Crippen MR) is 99.5 cm³/mol. The topological polar surface area (TPSA) is 58.2 Å². The standard InChI is InChI=1S/C20H27ClN2O2/c21-16-7-5-6-15(14-16)10-13-22-18(24)20(11-12-20)19(25)23-17-8-3-1-2-4-9-17/h5-7,14,17H,1-4,8-13H2,(H,22,24)(H,23,25). The Labute approximate surface area is 154 Å². The van der Waals surface area contributed by atoms with Crippen molar-refractivity contribution in [2.45, 2.75) is 63.8 Å². The average molecular weight is 363 g/mol. The third-order valence-corrected chi connectivity index (χ3v) is 5.63. The summed E-state index contributed by atoms with van der Waals surface area (Å²) in [5.74, 6) is -0.194. The third kappa shape index (κ3) is 4.75. The van der Waals surface area contributed by atoms with E-state index in [4.69, 9.17) is 11.6 Å². The highest BCUT2D eigenvalue weighted by Crippen LogP contribution is 2.46. The van der Waals surface area contributed by atoms with Crippen molar-refractivity contribution in [1.82, 2.24) is 10.6 Å². The molecule has 4 nitrogen and oxygen atoms in total. The number of hydrogen-bond donors (Lipinski definition) is 2. The molecule has 0 aliphatic heterocycles. The van der Waals surface area contributed by atoms with Crippen LogP contribution in [0.5, 0.6) is 0 Å². The molecule has 0 saturated heterocycles. The lowest BCUT2D eigenvalue weighted by molar-refractivity contribution is -0.137. The molecule has 0 unspecified atom stereocenters. The van der Waals surface area contributed by atoms with Crippen molar-refractivity contribution < 1.29 is 9.59 Å². The van der Waals surface area contributed by atoms with E-state index in [2.05, 4.69) is 10.6 Å². The van der Waals surface area contributed by atoms with E-state index in [9.17, 15) is 9.59 Å². The van der Waals surface area contributed by atoms with Crippen LogP contribution in [-0.4, -0.2) is 24.4 Å². The maximum Gasteiger partial charge on any atom is 0.235 e. The molecule has 0 radical (unpaired) electrons. The molecule has 1 aromatic rings. The van der Waals surface area contributed by atoms with Gasteiger partial charge in [0, 0.05) is 17.6 Å². The number of amides is 2. The summed E-state index contributed by atoms with van der Waals surface area (Å²) in [5, 5.41) is 6.78. The molecule has 1 aromatic carbocycles. The Morgan fingerprint density at radius 2 is 1.80 bits per heavy atom. The van der Waals surface area contributed by atoms with Gasteiger partial charge in [-0.05, 0) is 49.8 Å². The molecule has 0 aromatic heterocycles. The first-order valence-corrected chi connectivity index (χ1v) is 9.82. The monoisotopic (exact) mass is 362 g/mol. The van der Waals surface area contributed by atoms with Gasteiger partial charge in [-0.15, -0.1) is 0 Å². The molecule has 2 N–H and O–H groups in total. The molecule has 2 aliphatic rings. The Balaban J connectivity index is 1.48. The largest absolute Gasteiger partial charge is 0.355 e. The van der Waals surface area contributed by atoms with Gasteiger partial charge < -0.3 is 10.6 Å². The molecule has 0 atom stereocenters. The van der Waals surface area contributed by atoms with Crippen LogP contribution in [-0.2, 0) is 16.0 Å². The van der Waals surface area contributed by atoms with Gasteiger partial charge in [0.1, 0.15) is 5.41 Å². The number of carbonyl (C=O) groups is 2. The second kappa shape index (κ2) is 8.22. The van der Waals surface area contributed by atoms with E-state index in [1.807, 2.05) is 24.3 Å². The lowest BCUT2D eigenvalue weighted by Gasteiger charge is -2.21. The summed E-state index contributed by atoms with van der Waals surface area (Å²) in [6, 6.07) is 7.87. The van der Waals surface area contributed by atoms with E-state index in [0.717, 1.165) is 18.4 Å². The fourth-order valence-corrected chi connectivity index (χ4v) is 3.82. The maximum absolute atomic E-state index is 12.6. The van der Waals surface area contributed by atoms with E-state index >= 15 is 0 Å². The molecular weight excluding hydrogens is 336 g/mol. The van der Waals surface area contributed by atoms with Gasteiger partial charge in [-0.1, -0.05) is 49.4 Å². The molecular formula is C20H27ClN2O2. The lowest BCUT2D eigenvalue weighted by Crippen LogP contribution is -2.46. The van der Waals surface area contributed by atoms with Crippen molar-refractivity contribution in [3.05, 3.63) is 34.9 Å². The van der Waals surface area contributed by atoms with Crippen molar-refractivity contribution >= 4 is 23.4 Å². The summed E-state index contributed by atoms with van der Waals surface area (Å²) < 4.78 is 0. The van der Waals surface area contributed by atoms with Gasteiger partial charge in [0.25, 0.3) is 0 Å². The number of benzene rings is 1. The Bertz CT molecular complexity index is 620. The zero-order valence-corrected chi connectivity index (χ0v) is 15.4. The first kappa shape index (κ1) is 18.2. The molecule has 0 bridgehead atoms. The van der Waals surface area contributed by atoms with E-state index in [0.29, 0.717) is 30.8 Å². The Kier molecular flexibility index (Phi) is 6.00. The molecule has 2 fully saturated rings. The molecule has 2 amide bonds. The van der Waals surface area contributed by atoms with Crippen LogP contribution in [0.1, 0.15) is 56.9 Å². The summed E-state index contributed by atoms with van der Waals surface area (Å²) >= 11 is 5.97. The minimum atomic E-state index is -0.819. The minimum Gasteiger partial charge on any atom is -0.355 e. The van der Waals surface area contributed by atoms with Gasteiger partial charge in [0.2, 0.25) is 11.8 Å². The van der Waals surface area contributed by atoms with E-state index in [-0.39, 0.29) is 17.9 Å². The second-order valence-electron chi connectivity index (χ2n) is 7.38. The highest BCUT2D eigenvalue weighted by atomic mass is 35.5. The van der Waals surface area contributed by atoms with Crippen LogP contribution in [0, 0.1) is 5.41 Å². The summed E-state index contributed by atoms with van der Waals surface area (Å²) in [4.78, 5) is 25.2. The van der Waals surface area contributed by atoms with Crippen LogP contribution in [0.25, 0.3) is 0 Å². The zero-order chi connectivity index (χ0) is 17.7. The minimum absolute atomic E-state index is 0.0698. The summed E-state index contributed by atoms with van der Waals surface area (Å²) in [7, 11) is 0. The lowest BCUT2D eigenvalue weighted by atomic mass is 10.0. The van der Waals surface area contributed by atoms with Crippen molar-refractivity contribution in [2.24, 2.45) is 5.41 Å². The molecule has 2 saturated carbocycles. The van der Waals surface area contributed by atoms with Crippen LogP contribution >= 0.6 is 11.6 Å². The zero-order valence-electron chi connectivity index (χ0n) is 14.7. The molecule has 0 spiro atoms. The number of hydrogen-bond acceptors (Lipinski definition) is 2. The van der Waals surface area contributed by atoms with Gasteiger partial charge in [-0.25, -0.2) is 0 Å². The number of carbonyl (C=O) groups excluding carboxylic acids is 2. The molecule has 2 aliphatic carbocycles. The van der Waals surface area contributed by atoms with Crippen LogP contribution in [0.2, 0.25) is 5.02 Å². The number of rotatable bonds is 6. The van der Waals surface area contributed by atoms with Crippen LogP contribution in [0.3, 0.4) is 0 Å². The van der Waals surface area contributed by atoms with Gasteiger partial charge in [-0.2, -0.15) is 0 Å². The normalized spacial score (nSPS) is 19.7. The van der Waals surface area contributed by atoms with Gasteiger partial charge >= 0.3 is 0 Å². The first-order chi connectivity index (χ1) is 12.1. The fourth-order valence-electron chi connectivity index (χ4n) is 3.61. The van der Waals surface area contributed by atoms with E-state index < -0.39 is 5.41 Å². The molecule has 5 heteroatoms. The summed E-state index contributed by atoms with van der Waals surface area (Å²) in [6.07, 6.45) is 8.96. The third-order valence-electron chi connectivity index (χ3n) is 5.40. The Morgan fingerprint density at radius 3 is 2.44 bits per heavy atom. The molecule has 3 rings (SSSR count). The second-order valence-corrected chi connectivity index (χ2v) is 7.82. The predicted octanol–water partition coefficient (Wildman–Crippen LogP) is 3.62.